The second kappa shape index (κ2) is 12.6. The molecule has 0 atom stereocenters. The minimum atomic E-state index is -0.405. The van der Waals surface area contributed by atoms with Crippen molar-refractivity contribution in [3.63, 3.8) is 0 Å². The van der Waals surface area contributed by atoms with Crippen LogP contribution in [-0.4, -0.2) is 47.2 Å². The Morgan fingerprint density at radius 2 is 1.75 bits per heavy atom. The van der Waals surface area contributed by atoms with Gasteiger partial charge in [0.1, 0.15) is 12.4 Å². The Labute approximate surface area is 196 Å². The number of pyridine rings is 1. The van der Waals surface area contributed by atoms with Crippen molar-refractivity contribution in [2.24, 2.45) is 5.92 Å². The molecular formula is C24H27NO5S2. The van der Waals surface area contributed by atoms with Crippen molar-refractivity contribution < 1.29 is 18.7 Å². The van der Waals surface area contributed by atoms with Gasteiger partial charge >= 0.3 is 11.6 Å². The number of hydrogen-bond donors (Lipinski definition) is 0. The van der Waals surface area contributed by atoms with E-state index in [0.29, 0.717) is 24.5 Å². The van der Waals surface area contributed by atoms with E-state index in [2.05, 4.69) is 4.98 Å². The zero-order chi connectivity index (χ0) is 22.8. The number of aromatic nitrogens is 1. The molecule has 0 radical (unpaired) electrons. The third kappa shape index (κ3) is 7.31. The molecule has 170 valence electrons. The Kier molecular flexibility index (Phi) is 9.49. The first-order valence-corrected chi connectivity index (χ1v) is 12.8. The fraction of sp³-hybridized carbons (Fsp3) is 0.375. The van der Waals surface area contributed by atoms with Crippen LogP contribution in [0.5, 0.6) is 5.75 Å². The first kappa shape index (κ1) is 24.2. The number of ether oxygens (including phenoxy) is 2. The van der Waals surface area contributed by atoms with Crippen molar-refractivity contribution >= 4 is 40.6 Å². The van der Waals surface area contributed by atoms with E-state index in [9.17, 15) is 9.59 Å². The van der Waals surface area contributed by atoms with Crippen LogP contribution in [0.15, 0.2) is 57.9 Å². The van der Waals surface area contributed by atoms with E-state index < -0.39 is 5.63 Å². The standard InChI is InChI=1S/C24H27NO5S2/c1-17(2)23(26)29-11-13-32-15-14-31-12-10-28-20-7-5-18(6-8-20)21-16-19-4-3-9-25-22(19)30-24(21)27/h3-9,16-17H,10-15H2,1-2H3. The maximum absolute atomic E-state index is 12.3. The summed E-state index contributed by atoms with van der Waals surface area (Å²) in [5.41, 5.74) is 1.22. The summed E-state index contributed by atoms with van der Waals surface area (Å²) in [6.07, 6.45) is 1.60. The summed E-state index contributed by atoms with van der Waals surface area (Å²) in [6.45, 7) is 4.77. The normalized spacial score (nSPS) is 11.1. The topological polar surface area (TPSA) is 78.6 Å². The lowest BCUT2D eigenvalue weighted by atomic mass is 10.1. The van der Waals surface area contributed by atoms with Gasteiger partial charge in [0, 0.05) is 34.6 Å². The van der Waals surface area contributed by atoms with Gasteiger partial charge in [0.2, 0.25) is 5.71 Å². The maximum atomic E-state index is 12.3. The van der Waals surface area contributed by atoms with Gasteiger partial charge in [-0.1, -0.05) is 26.0 Å². The molecule has 0 fully saturated rings. The molecule has 0 amide bonds. The van der Waals surface area contributed by atoms with Crippen LogP contribution in [0.4, 0.5) is 0 Å². The molecule has 1 aromatic carbocycles. The highest BCUT2D eigenvalue weighted by Crippen LogP contribution is 2.22. The van der Waals surface area contributed by atoms with Crippen LogP contribution in [0, 0.1) is 5.92 Å². The first-order chi connectivity index (χ1) is 15.5. The van der Waals surface area contributed by atoms with Crippen molar-refractivity contribution in [1.29, 1.82) is 0 Å². The van der Waals surface area contributed by atoms with E-state index >= 15 is 0 Å². The van der Waals surface area contributed by atoms with Crippen LogP contribution < -0.4 is 10.4 Å². The smallest absolute Gasteiger partial charge is 0.345 e. The fourth-order valence-corrected chi connectivity index (χ4v) is 4.55. The van der Waals surface area contributed by atoms with Gasteiger partial charge in [-0.05, 0) is 35.9 Å². The van der Waals surface area contributed by atoms with Gasteiger partial charge < -0.3 is 13.9 Å². The van der Waals surface area contributed by atoms with Crippen LogP contribution in [0.1, 0.15) is 13.8 Å². The molecular weight excluding hydrogens is 446 g/mol. The first-order valence-electron chi connectivity index (χ1n) is 10.5. The zero-order valence-corrected chi connectivity index (χ0v) is 19.9. The minimum Gasteiger partial charge on any atom is -0.493 e. The highest BCUT2D eigenvalue weighted by Gasteiger charge is 2.09. The molecule has 0 saturated carbocycles. The van der Waals surface area contributed by atoms with Crippen LogP contribution in [0.3, 0.4) is 0 Å². The Morgan fingerprint density at radius 3 is 2.47 bits per heavy atom. The molecule has 0 unspecified atom stereocenters. The molecule has 2 heterocycles. The van der Waals surface area contributed by atoms with Gasteiger partial charge in [-0.25, -0.2) is 9.78 Å². The lowest BCUT2D eigenvalue weighted by molar-refractivity contribution is -0.146. The minimum absolute atomic E-state index is 0.0670. The molecule has 8 heteroatoms. The molecule has 0 aliphatic rings. The van der Waals surface area contributed by atoms with Crippen molar-refractivity contribution in [3.05, 3.63) is 59.1 Å². The van der Waals surface area contributed by atoms with Crippen molar-refractivity contribution in [1.82, 2.24) is 4.98 Å². The number of fused-ring (bicyclic) bond motifs is 1. The monoisotopic (exact) mass is 473 g/mol. The molecule has 2 aromatic heterocycles. The van der Waals surface area contributed by atoms with E-state index in [0.717, 1.165) is 39.7 Å². The Morgan fingerprint density at radius 1 is 1.03 bits per heavy atom. The molecule has 0 aliphatic carbocycles. The third-order valence-electron chi connectivity index (χ3n) is 4.49. The Balaban J connectivity index is 1.34. The summed E-state index contributed by atoms with van der Waals surface area (Å²) in [5.74, 6) is 4.33. The molecule has 3 rings (SSSR count). The van der Waals surface area contributed by atoms with Crippen molar-refractivity contribution in [2.75, 3.05) is 36.2 Å². The third-order valence-corrected chi connectivity index (χ3v) is 6.64. The van der Waals surface area contributed by atoms with Gasteiger partial charge in [0.05, 0.1) is 18.1 Å². The van der Waals surface area contributed by atoms with E-state index in [1.807, 2.05) is 62.0 Å². The van der Waals surface area contributed by atoms with Gasteiger partial charge in [-0.3, -0.25) is 4.79 Å². The summed E-state index contributed by atoms with van der Waals surface area (Å²) < 4.78 is 16.2. The Bertz CT molecular complexity index is 1070. The van der Waals surface area contributed by atoms with Gasteiger partial charge in [-0.2, -0.15) is 23.5 Å². The quantitative estimate of drug-likeness (QED) is 0.271. The number of nitrogens with zero attached hydrogens (tertiary/aromatic N) is 1. The predicted molar refractivity (Wildman–Crippen MR) is 132 cm³/mol. The van der Waals surface area contributed by atoms with Gasteiger partial charge in [-0.15, -0.1) is 0 Å². The Hall–Kier alpha value is -2.45. The molecule has 3 aromatic rings. The van der Waals surface area contributed by atoms with Crippen LogP contribution >= 0.6 is 23.5 Å². The number of carbonyl (C=O) groups excluding carboxylic acids is 1. The molecule has 6 nitrogen and oxygen atoms in total. The van der Waals surface area contributed by atoms with E-state index in [1.54, 1.807) is 24.0 Å². The van der Waals surface area contributed by atoms with Crippen LogP contribution in [-0.2, 0) is 9.53 Å². The molecule has 0 spiro atoms. The summed E-state index contributed by atoms with van der Waals surface area (Å²) in [5, 5.41) is 0.786. The number of benzene rings is 1. The summed E-state index contributed by atoms with van der Waals surface area (Å²) >= 11 is 3.62. The number of thioether (sulfide) groups is 2. The van der Waals surface area contributed by atoms with Gasteiger partial charge in [0.15, 0.2) is 0 Å². The number of hydrogen-bond acceptors (Lipinski definition) is 8. The second-order valence-electron chi connectivity index (χ2n) is 7.27. The van der Waals surface area contributed by atoms with Crippen molar-refractivity contribution in [2.45, 2.75) is 13.8 Å². The van der Waals surface area contributed by atoms with Crippen LogP contribution in [0.2, 0.25) is 0 Å². The number of rotatable bonds is 12. The molecule has 0 saturated heterocycles. The zero-order valence-electron chi connectivity index (χ0n) is 18.2. The van der Waals surface area contributed by atoms with Gasteiger partial charge in [0.25, 0.3) is 0 Å². The van der Waals surface area contributed by atoms with Crippen LogP contribution in [0.25, 0.3) is 22.2 Å². The molecule has 32 heavy (non-hydrogen) atoms. The lowest BCUT2D eigenvalue weighted by Crippen LogP contribution is -2.13. The number of esters is 1. The highest BCUT2D eigenvalue weighted by molar-refractivity contribution is 8.02. The molecule has 0 aliphatic heterocycles. The van der Waals surface area contributed by atoms with Crippen molar-refractivity contribution in [3.8, 4) is 16.9 Å². The van der Waals surface area contributed by atoms with E-state index in [1.165, 1.54) is 0 Å². The average molecular weight is 474 g/mol. The van der Waals surface area contributed by atoms with E-state index in [-0.39, 0.29) is 11.9 Å². The maximum Gasteiger partial charge on any atom is 0.345 e. The summed E-state index contributed by atoms with van der Waals surface area (Å²) in [4.78, 5) is 27.7. The largest absolute Gasteiger partial charge is 0.493 e. The SMILES string of the molecule is CC(C)C(=O)OCCSCCSCCOc1ccc(-c2cc3cccnc3oc2=O)cc1. The lowest BCUT2D eigenvalue weighted by Gasteiger charge is -2.08. The summed E-state index contributed by atoms with van der Waals surface area (Å²) in [7, 11) is 0. The second-order valence-corrected chi connectivity index (χ2v) is 9.71. The number of carbonyl (C=O) groups is 1. The average Bonchev–Trinajstić information content (AvgIpc) is 2.80. The van der Waals surface area contributed by atoms with E-state index in [4.69, 9.17) is 13.9 Å². The predicted octanol–water partition coefficient (Wildman–Crippen LogP) is 4.90. The summed E-state index contributed by atoms with van der Waals surface area (Å²) in [6, 6.07) is 12.9. The fourth-order valence-electron chi connectivity index (χ4n) is 2.80. The molecule has 0 bridgehead atoms. The molecule has 0 N–H and O–H groups in total. The highest BCUT2D eigenvalue weighted by atomic mass is 32.2.